The topological polar surface area (TPSA) is 101 Å². The SMILES string of the molecule is CC(CCN)C(=O)Nc1ccccc1NS(C)(=O)=O. The predicted octanol–water partition coefficient (Wildman–Crippen LogP) is 0.982. The van der Waals surface area contributed by atoms with Crippen LogP contribution in [0.2, 0.25) is 0 Å². The molecule has 0 bridgehead atoms. The summed E-state index contributed by atoms with van der Waals surface area (Å²) in [5.74, 6) is -0.413. The van der Waals surface area contributed by atoms with Crippen LogP contribution in [0, 0.1) is 5.92 Å². The lowest BCUT2D eigenvalue weighted by atomic mass is 10.1. The Morgan fingerprint density at radius 3 is 2.42 bits per heavy atom. The molecule has 0 heterocycles. The van der Waals surface area contributed by atoms with Gasteiger partial charge < -0.3 is 11.1 Å². The molecular formula is C12H19N3O3S. The standard InChI is InChI=1S/C12H19N3O3S/c1-9(7-8-13)12(16)14-10-5-3-4-6-11(10)15-19(2,17)18/h3-6,9,15H,7-8,13H2,1-2H3,(H,14,16). The molecule has 1 amide bonds. The van der Waals surface area contributed by atoms with Crippen LogP contribution in [0.25, 0.3) is 0 Å². The van der Waals surface area contributed by atoms with Crippen molar-refractivity contribution in [3.05, 3.63) is 24.3 Å². The molecule has 106 valence electrons. The van der Waals surface area contributed by atoms with Crippen LogP contribution in [-0.2, 0) is 14.8 Å². The zero-order valence-corrected chi connectivity index (χ0v) is 11.8. The van der Waals surface area contributed by atoms with Crippen LogP contribution in [-0.4, -0.2) is 27.1 Å². The molecule has 0 aliphatic carbocycles. The summed E-state index contributed by atoms with van der Waals surface area (Å²) in [5.41, 5.74) is 6.18. The number of sulfonamides is 1. The van der Waals surface area contributed by atoms with E-state index in [9.17, 15) is 13.2 Å². The molecule has 0 saturated heterocycles. The number of carbonyl (C=O) groups is 1. The van der Waals surface area contributed by atoms with E-state index in [1.165, 1.54) is 0 Å². The summed E-state index contributed by atoms with van der Waals surface area (Å²) >= 11 is 0. The highest BCUT2D eigenvalue weighted by Gasteiger charge is 2.14. The molecule has 0 fully saturated rings. The van der Waals surface area contributed by atoms with Crippen LogP contribution in [0.1, 0.15) is 13.3 Å². The highest BCUT2D eigenvalue weighted by atomic mass is 32.2. The molecule has 1 atom stereocenters. The molecular weight excluding hydrogens is 266 g/mol. The van der Waals surface area contributed by atoms with Gasteiger partial charge in [-0.05, 0) is 25.1 Å². The van der Waals surface area contributed by atoms with Gasteiger partial charge in [0.05, 0.1) is 17.6 Å². The number of carbonyl (C=O) groups excluding carboxylic acids is 1. The van der Waals surface area contributed by atoms with E-state index in [0.717, 1.165) is 6.26 Å². The average molecular weight is 285 g/mol. The van der Waals surface area contributed by atoms with Gasteiger partial charge in [0, 0.05) is 5.92 Å². The Kier molecular flexibility index (Phi) is 5.31. The maximum atomic E-state index is 11.9. The molecule has 4 N–H and O–H groups in total. The second-order valence-corrected chi connectivity index (χ2v) is 6.14. The molecule has 0 saturated carbocycles. The van der Waals surface area contributed by atoms with Crippen LogP contribution in [0.5, 0.6) is 0 Å². The van der Waals surface area contributed by atoms with E-state index in [4.69, 9.17) is 5.73 Å². The first kappa shape index (κ1) is 15.5. The minimum Gasteiger partial charge on any atom is -0.330 e. The number of rotatable bonds is 6. The van der Waals surface area contributed by atoms with Gasteiger partial charge in [-0.1, -0.05) is 19.1 Å². The Hall–Kier alpha value is -1.60. The van der Waals surface area contributed by atoms with E-state index in [-0.39, 0.29) is 11.8 Å². The van der Waals surface area contributed by atoms with Crippen LogP contribution >= 0.6 is 0 Å². The van der Waals surface area contributed by atoms with Crippen LogP contribution < -0.4 is 15.8 Å². The summed E-state index contributed by atoms with van der Waals surface area (Å²) in [6.45, 7) is 2.20. The Morgan fingerprint density at radius 2 is 1.89 bits per heavy atom. The third kappa shape index (κ3) is 5.27. The second-order valence-electron chi connectivity index (χ2n) is 4.39. The Morgan fingerprint density at radius 1 is 1.32 bits per heavy atom. The largest absolute Gasteiger partial charge is 0.330 e. The van der Waals surface area contributed by atoms with Gasteiger partial charge in [0.25, 0.3) is 0 Å². The van der Waals surface area contributed by atoms with Crippen molar-refractivity contribution in [3.63, 3.8) is 0 Å². The van der Waals surface area contributed by atoms with E-state index in [1.807, 2.05) is 0 Å². The van der Waals surface area contributed by atoms with Crippen molar-refractivity contribution in [2.75, 3.05) is 22.8 Å². The number of nitrogens with two attached hydrogens (primary N) is 1. The van der Waals surface area contributed by atoms with E-state index < -0.39 is 10.0 Å². The number of anilines is 2. The maximum Gasteiger partial charge on any atom is 0.229 e. The molecule has 19 heavy (non-hydrogen) atoms. The van der Waals surface area contributed by atoms with Gasteiger partial charge >= 0.3 is 0 Å². The fraction of sp³-hybridized carbons (Fsp3) is 0.417. The second kappa shape index (κ2) is 6.53. The predicted molar refractivity (Wildman–Crippen MR) is 76.4 cm³/mol. The summed E-state index contributed by atoms with van der Waals surface area (Å²) in [6, 6.07) is 6.63. The summed E-state index contributed by atoms with van der Waals surface area (Å²) < 4.78 is 24.8. The fourth-order valence-electron chi connectivity index (χ4n) is 1.52. The maximum absolute atomic E-state index is 11.9. The lowest BCUT2D eigenvalue weighted by Crippen LogP contribution is -2.23. The molecule has 0 aromatic heterocycles. The number of para-hydroxylation sites is 2. The third-order valence-electron chi connectivity index (χ3n) is 2.53. The van der Waals surface area contributed by atoms with E-state index in [1.54, 1.807) is 31.2 Å². The number of hydrogen-bond acceptors (Lipinski definition) is 4. The quantitative estimate of drug-likeness (QED) is 0.725. The fourth-order valence-corrected chi connectivity index (χ4v) is 2.10. The van der Waals surface area contributed by atoms with Crippen LogP contribution in [0.15, 0.2) is 24.3 Å². The molecule has 7 heteroatoms. The molecule has 0 radical (unpaired) electrons. The number of hydrogen-bond donors (Lipinski definition) is 3. The van der Waals surface area contributed by atoms with Crippen molar-refractivity contribution in [1.82, 2.24) is 0 Å². The first-order valence-corrected chi connectivity index (χ1v) is 7.80. The number of amides is 1. The average Bonchev–Trinajstić information content (AvgIpc) is 2.30. The zero-order chi connectivity index (χ0) is 14.5. The van der Waals surface area contributed by atoms with Gasteiger partial charge in [-0.2, -0.15) is 0 Å². The Balaban J connectivity index is 2.86. The minimum atomic E-state index is -3.39. The third-order valence-corrected chi connectivity index (χ3v) is 3.12. The molecule has 1 rings (SSSR count). The highest BCUT2D eigenvalue weighted by molar-refractivity contribution is 7.92. The summed E-state index contributed by atoms with van der Waals surface area (Å²) in [5, 5.41) is 2.70. The summed E-state index contributed by atoms with van der Waals surface area (Å²) in [4.78, 5) is 11.9. The first-order chi connectivity index (χ1) is 8.83. The van der Waals surface area contributed by atoms with Crippen LogP contribution in [0.4, 0.5) is 11.4 Å². The van der Waals surface area contributed by atoms with Gasteiger partial charge in [0.15, 0.2) is 0 Å². The van der Waals surface area contributed by atoms with Gasteiger partial charge in [0.1, 0.15) is 0 Å². The van der Waals surface area contributed by atoms with Gasteiger partial charge in [0.2, 0.25) is 15.9 Å². The number of benzene rings is 1. The molecule has 0 aliphatic rings. The lowest BCUT2D eigenvalue weighted by Gasteiger charge is -2.14. The highest BCUT2D eigenvalue weighted by Crippen LogP contribution is 2.22. The first-order valence-electron chi connectivity index (χ1n) is 5.91. The molecule has 6 nitrogen and oxygen atoms in total. The van der Waals surface area contributed by atoms with Crippen molar-refractivity contribution >= 4 is 27.3 Å². The molecule has 0 aliphatic heterocycles. The van der Waals surface area contributed by atoms with Gasteiger partial charge in [-0.15, -0.1) is 0 Å². The Labute approximate surface area is 113 Å². The van der Waals surface area contributed by atoms with Crippen molar-refractivity contribution in [2.24, 2.45) is 11.7 Å². The van der Waals surface area contributed by atoms with E-state index in [2.05, 4.69) is 10.0 Å². The molecule has 1 aromatic carbocycles. The lowest BCUT2D eigenvalue weighted by molar-refractivity contribution is -0.119. The smallest absolute Gasteiger partial charge is 0.229 e. The van der Waals surface area contributed by atoms with E-state index in [0.29, 0.717) is 24.3 Å². The van der Waals surface area contributed by atoms with E-state index >= 15 is 0 Å². The van der Waals surface area contributed by atoms with Crippen molar-refractivity contribution in [3.8, 4) is 0 Å². The van der Waals surface area contributed by atoms with Gasteiger partial charge in [-0.3, -0.25) is 9.52 Å². The van der Waals surface area contributed by atoms with Crippen molar-refractivity contribution in [2.45, 2.75) is 13.3 Å². The van der Waals surface area contributed by atoms with Crippen molar-refractivity contribution in [1.29, 1.82) is 0 Å². The molecule has 1 aromatic rings. The van der Waals surface area contributed by atoms with Gasteiger partial charge in [-0.25, -0.2) is 8.42 Å². The summed E-state index contributed by atoms with van der Waals surface area (Å²) in [6.07, 6.45) is 1.64. The zero-order valence-electron chi connectivity index (χ0n) is 11.0. The van der Waals surface area contributed by atoms with Crippen molar-refractivity contribution < 1.29 is 13.2 Å². The normalized spacial score (nSPS) is 12.8. The summed E-state index contributed by atoms with van der Waals surface area (Å²) in [7, 11) is -3.39. The number of nitrogens with one attached hydrogen (secondary N) is 2. The monoisotopic (exact) mass is 285 g/mol. The molecule has 0 spiro atoms. The molecule has 1 unspecified atom stereocenters. The van der Waals surface area contributed by atoms with Crippen LogP contribution in [0.3, 0.4) is 0 Å². The minimum absolute atomic E-state index is 0.187. The Bertz CT molecular complexity index is 543.